The number of fused-ring (bicyclic) bond motifs is 8. The summed E-state index contributed by atoms with van der Waals surface area (Å²) in [5.74, 6) is 2.45. The van der Waals surface area contributed by atoms with Crippen molar-refractivity contribution in [2.45, 2.75) is 44.4 Å². The number of para-hydroxylation sites is 1. The van der Waals surface area contributed by atoms with Gasteiger partial charge in [-0.15, -0.1) is 0 Å². The van der Waals surface area contributed by atoms with E-state index in [0.29, 0.717) is 0 Å². The Morgan fingerprint density at radius 1 is 0.833 bits per heavy atom. The summed E-state index contributed by atoms with van der Waals surface area (Å²) in [4.78, 5) is 0. The lowest BCUT2D eigenvalue weighted by Gasteiger charge is -2.51. The minimum absolute atomic E-state index is 0.127. The molecule has 2 fully saturated rings. The van der Waals surface area contributed by atoms with Gasteiger partial charge in [0.05, 0.1) is 10.7 Å². The van der Waals surface area contributed by atoms with E-state index in [-0.39, 0.29) is 5.41 Å². The summed E-state index contributed by atoms with van der Waals surface area (Å²) in [7, 11) is 0. The van der Waals surface area contributed by atoms with Crippen molar-refractivity contribution in [1.82, 2.24) is 0 Å². The van der Waals surface area contributed by atoms with Gasteiger partial charge in [-0.3, -0.25) is 0 Å². The lowest BCUT2D eigenvalue weighted by molar-refractivity contribution is 0.0859. The molecule has 1 spiro atoms. The molecule has 0 amide bonds. The van der Waals surface area contributed by atoms with Crippen molar-refractivity contribution in [3.63, 3.8) is 0 Å². The second-order valence-electron chi connectivity index (χ2n) is 9.76. The highest BCUT2D eigenvalue weighted by Gasteiger charge is 2.53. The number of anilines is 2. The van der Waals surface area contributed by atoms with Gasteiger partial charge in [0.15, 0.2) is 0 Å². The van der Waals surface area contributed by atoms with Crippen LogP contribution in [-0.2, 0) is 5.41 Å². The largest absolute Gasteiger partial charge is 0.354 e. The molecule has 0 aliphatic heterocycles. The summed E-state index contributed by atoms with van der Waals surface area (Å²) >= 11 is 6.53. The molecule has 1 nitrogen and oxygen atoms in total. The van der Waals surface area contributed by atoms with E-state index < -0.39 is 0 Å². The highest BCUT2D eigenvalue weighted by atomic mass is 35.5. The summed E-state index contributed by atoms with van der Waals surface area (Å²) in [6.45, 7) is 2.47. The molecule has 3 aromatic carbocycles. The van der Waals surface area contributed by atoms with Crippen LogP contribution < -0.4 is 5.32 Å². The quantitative estimate of drug-likeness (QED) is 0.446. The number of rotatable bonds is 2. The summed E-state index contributed by atoms with van der Waals surface area (Å²) in [5, 5.41) is 4.50. The molecule has 2 saturated carbocycles. The zero-order valence-corrected chi connectivity index (χ0v) is 18.3. The van der Waals surface area contributed by atoms with Crippen LogP contribution in [0.15, 0.2) is 66.7 Å². The Hall–Kier alpha value is -2.25. The monoisotopic (exact) mass is 413 g/mol. The average molecular weight is 414 g/mol. The summed E-state index contributed by atoms with van der Waals surface area (Å²) in [6, 6.07) is 24.1. The highest BCUT2D eigenvalue weighted by Crippen LogP contribution is 2.64. The van der Waals surface area contributed by atoms with Crippen LogP contribution in [0.4, 0.5) is 11.4 Å². The number of hydrogen-bond acceptors (Lipinski definition) is 1. The molecule has 2 bridgehead atoms. The van der Waals surface area contributed by atoms with Crippen LogP contribution in [0.25, 0.3) is 11.1 Å². The fraction of sp³-hybridized carbons (Fsp3) is 0.357. The van der Waals surface area contributed by atoms with Gasteiger partial charge >= 0.3 is 0 Å². The summed E-state index contributed by atoms with van der Waals surface area (Å²) < 4.78 is 0. The van der Waals surface area contributed by atoms with E-state index in [1.54, 1.807) is 5.56 Å². The predicted octanol–water partition coefficient (Wildman–Crippen LogP) is 8.20. The van der Waals surface area contributed by atoms with Crippen LogP contribution in [0.5, 0.6) is 0 Å². The SMILES string of the molecule is CC1CC2CCC3(c4ccccc4-c4cccc(Nc5ccccc5Cl)c43)C(C1)C2. The van der Waals surface area contributed by atoms with Crippen molar-refractivity contribution in [2.24, 2.45) is 17.8 Å². The Balaban J connectivity index is 1.57. The molecule has 4 atom stereocenters. The van der Waals surface area contributed by atoms with E-state index in [9.17, 15) is 0 Å². The normalized spacial score (nSPS) is 28.8. The first-order valence-electron chi connectivity index (χ1n) is 11.4. The van der Waals surface area contributed by atoms with Gasteiger partial charge in [-0.25, -0.2) is 0 Å². The van der Waals surface area contributed by atoms with Crippen molar-refractivity contribution >= 4 is 23.0 Å². The van der Waals surface area contributed by atoms with E-state index >= 15 is 0 Å². The molecular weight excluding hydrogens is 386 g/mol. The van der Waals surface area contributed by atoms with Gasteiger partial charge in [0.2, 0.25) is 0 Å². The Kier molecular flexibility index (Phi) is 4.25. The van der Waals surface area contributed by atoms with Gasteiger partial charge in [-0.2, -0.15) is 0 Å². The molecule has 2 heteroatoms. The van der Waals surface area contributed by atoms with Crippen molar-refractivity contribution in [1.29, 1.82) is 0 Å². The zero-order valence-electron chi connectivity index (χ0n) is 17.5. The number of hydrogen-bond donors (Lipinski definition) is 1. The molecular formula is C28H28ClN. The number of nitrogens with one attached hydrogen (secondary N) is 1. The second kappa shape index (κ2) is 6.89. The number of benzene rings is 3. The van der Waals surface area contributed by atoms with Crippen molar-refractivity contribution < 1.29 is 0 Å². The van der Waals surface area contributed by atoms with E-state index in [0.717, 1.165) is 28.5 Å². The Labute approximate surface area is 184 Å². The first-order chi connectivity index (χ1) is 14.7. The van der Waals surface area contributed by atoms with Crippen LogP contribution in [-0.4, -0.2) is 0 Å². The second-order valence-corrected chi connectivity index (χ2v) is 10.2. The summed E-state index contributed by atoms with van der Waals surface area (Å²) in [5.41, 5.74) is 8.28. The predicted molar refractivity (Wildman–Crippen MR) is 127 cm³/mol. The lowest BCUT2D eigenvalue weighted by Crippen LogP contribution is -2.44. The molecule has 30 heavy (non-hydrogen) atoms. The zero-order chi connectivity index (χ0) is 20.3. The maximum atomic E-state index is 6.53. The van der Waals surface area contributed by atoms with Gasteiger partial charge in [0.1, 0.15) is 0 Å². The molecule has 3 aromatic rings. The summed E-state index contributed by atoms with van der Waals surface area (Å²) in [6.07, 6.45) is 6.74. The third kappa shape index (κ3) is 2.61. The van der Waals surface area contributed by atoms with Crippen LogP contribution in [0.1, 0.15) is 50.2 Å². The van der Waals surface area contributed by atoms with Gasteiger partial charge in [-0.05, 0) is 90.3 Å². The van der Waals surface area contributed by atoms with E-state index in [1.807, 2.05) is 12.1 Å². The molecule has 3 aliphatic carbocycles. The van der Waals surface area contributed by atoms with Crippen LogP contribution in [0.3, 0.4) is 0 Å². The minimum Gasteiger partial charge on any atom is -0.354 e. The molecule has 152 valence electrons. The molecule has 3 aliphatic rings. The molecule has 6 rings (SSSR count). The van der Waals surface area contributed by atoms with Crippen LogP contribution in [0, 0.1) is 17.8 Å². The molecule has 0 saturated heterocycles. The Bertz CT molecular complexity index is 1120. The highest BCUT2D eigenvalue weighted by molar-refractivity contribution is 6.33. The first kappa shape index (κ1) is 18.5. The molecule has 0 heterocycles. The Morgan fingerprint density at radius 3 is 2.50 bits per heavy atom. The molecule has 0 radical (unpaired) electrons. The third-order valence-corrected chi connectivity index (χ3v) is 8.37. The third-order valence-electron chi connectivity index (χ3n) is 8.04. The smallest absolute Gasteiger partial charge is 0.0640 e. The Morgan fingerprint density at radius 2 is 1.60 bits per heavy atom. The molecule has 0 aromatic heterocycles. The van der Waals surface area contributed by atoms with Crippen molar-refractivity contribution in [3.05, 3.63) is 82.9 Å². The van der Waals surface area contributed by atoms with Crippen LogP contribution >= 0.6 is 11.6 Å². The van der Waals surface area contributed by atoms with Crippen molar-refractivity contribution in [3.8, 4) is 11.1 Å². The average Bonchev–Trinajstić information content (AvgIpc) is 3.04. The fourth-order valence-corrected chi connectivity index (χ4v) is 7.20. The van der Waals surface area contributed by atoms with Crippen LogP contribution in [0.2, 0.25) is 5.02 Å². The van der Waals surface area contributed by atoms with Crippen molar-refractivity contribution in [2.75, 3.05) is 5.32 Å². The molecule has 4 unspecified atom stereocenters. The topological polar surface area (TPSA) is 12.0 Å². The lowest BCUT2D eigenvalue weighted by atomic mass is 9.53. The van der Waals surface area contributed by atoms with Gasteiger partial charge in [0, 0.05) is 11.1 Å². The van der Waals surface area contributed by atoms with E-state index in [4.69, 9.17) is 11.6 Å². The first-order valence-corrected chi connectivity index (χ1v) is 11.8. The fourth-order valence-electron chi connectivity index (χ4n) is 7.01. The van der Waals surface area contributed by atoms with Gasteiger partial charge < -0.3 is 5.32 Å². The van der Waals surface area contributed by atoms with Gasteiger partial charge in [-0.1, -0.05) is 67.1 Å². The minimum atomic E-state index is 0.127. The van der Waals surface area contributed by atoms with E-state index in [2.05, 4.69) is 66.8 Å². The standard InChI is InChI=1S/C28H28ClN/c1-18-15-19-13-14-28(20(16-18)17-19)23-9-3-2-7-21(23)22-8-6-12-26(27(22)28)30-25-11-5-4-10-24(25)29/h2-12,18-20,30H,13-17H2,1H3. The number of halogens is 1. The van der Waals surface area contributed by atoms with E-state index in [1.165, 1.54) is 54.5 Å². The maximum absolute atomic E-state index is 6.53. The maximum Gasteiger partial charge on any atom is 0.0640 e. The molecule has 1 N–H and O–H groups in total. The van der Waals surface area contributed by atoms with Gasteiger partial charge in [0.25, 0.3) is 0 Å².